The van der Waals surface area contributed by atoms with Crippen LogP contribution in [0.1, 0.15) is 40.8 Å². The van der Waals surface area contributed by atoms with Gasteiger partial charge in [0.15, 0.2) is 0 Å². The molecule has 3 aromatic carbocycles. The van der Waals surface area contributed by atoms with Gasteiger partial charge < -0.3 is 5.32 Å². The van der Waals surface area contributed by atoms with E-state index in [1.165, 1.54) is 29.8 Å². The number of sulfonamides is 1. The van der Waals surface area contributed by atoms with Crippen molar-refractivity contribution in [1.29, 1.82) is 0 Å². The van der Waals surface area contributed by atoms with Crippen molar-refractivity contribution < 1.29 is 13.2 Å². The number of benzene rings is 3. The molecule has 0 bridgehead atoms. The van der Waals surface area contributed by atoms with E-state index >= 15 is 0 Å². The minimum absolute atomic E-state index is 0.0696. The SMILES string of the molecule is Cc1ccc(C(C)NC(=O)CN(c2ccc(C)c(C)c2)S(=O)(=O)c2ccc(Cl)cc2)cc1C. The average Bonchev–Trinajstić information content (AvgIpc) is 2.76. The van der Waals surface area contributed by atoms with Gasteiger partial charge in [0.05, 0.1) is 16.6 Å². The Morgan fingerprint density at radius 2 is 1.45 bits per heavy atom. The number of rotatable bonds is 7. The lowest BCUT2D eigenvalue weighted by atomic mass is 10.0. The first-order valence-electron chi connectivity index (χ1n) is 10.7. The lowest BCUT2D eigenvalue weighted by Gasteiger charge is -2.26. The molecule has 0 aliphatic heterocycles. The van der Waals surface area contributed by atoms with Gasteiger partial charge in [-0.25, -0.2) is 8.42 Å². The monoisotopic (exact) mass is 484 g/mol. The summed E-state index contributed by atoms with van der Waals surface area (Å²) in [5.74, 6) is -0.392. The van der Waals surface area contributed by atoms with Crippen LogP contribution >= 0.6 is 11.6 Å². The molecular weight excluding hydrogens is 456 g/mol. The summed E-state index contributed by atoms with van der Waals surface area (Å²) in [4.78, 5) is 13.1. The fraction of sp³-hybridized carbons (Fsp3) is 0.269. The van der Waals surface area contributed by atoms with Crippen LogP contribution in [0.4, 0.5) is 5.69 Å². The molecule has 1 atom stereocenters. The van der Waals surface area contributed by atoms with E-state index in [0.717, 1.165) is 26.6 Å². The molecule has 174 valence electrons. The molecule has 3 aromatic rings. The number of carbonyl (C=O) groups is 1. The Balaban J connectivity index is 1.92. The molecule has 0 radical (unpaired) electrons. The Morgan fingerprint density at radius 1 is 0.879 bits per heavy atom. The van der Waals surface area contributed by atoms with E-state index < -0.39 is 15.9 Å². The third-order valence-corrected chi connectivity index (χ3v) is 7.92. The van der Waals surface area contributed by atoms with E-state index in [4.69, 9.17) is 11.6 Å². The summed E-state index contributed by atoms with van der Waals surface area (Å²) in [6.07, 6.45) is 0. The molecule has 0 aliphatic rings. The van der Waals surface area contributed by atoms with Crippen LogP contribution in [0.15, 0.2) is 65.6 Å². The molecule has 0 saturated carbocycles. The summed E-state index contributed by atoms with van der Waals surface area (Å²) in [5.41, 5.74) is 5.68. The molecule has 33 heavy (non-hydrogen) atoms. The molecule has 0 fully saturated rings. The predicted octanol–water partition coefficient (Wildman–Crippen LogP) is 5.65. The maximum absolute atomic E-state index is 13.5. The summed E-state index contributed by atoms with van der Waals surface area (Å²) < 4.78 is 28.2. The molecule has 1 unspecified atom stereocenters. The van der Waals surface area contributed by atoms with E-state index in [9.17, 15) is 13.2 Å². The Kier molecular flexibility index (Phi) is 7.50. The highest BCUT2D eigenvalue weighted by atomic mass is 35.5. The molecule has 1 amide bonds. The second-order valence-corrected chi connectivity index (χ2v) is 10.7. The standard InChI is InChI=1S/C26H29ClN2O3S/c1-17-6-8-22(14-19(17)3)21(5)28-26(30)16-29(24-11-7-18(2)20(4)15-24)33(31,32)25-12-9-23(27)10-13-25/h6-15,21H,16H2,1-5H3,(H,28,30). The Morgan fingerprint density at radius 3 is 2.03 bits per heavy atom. The van der Waals surface area contributed by atoms with E-state index in [1.54, 1.807) is 12.1 Å². The normalized spacial score (nSPS) is 12.3. The molecule has 7 heteroatoms. The summed E-state index contributed by atoms with van der Waals surface area (Å²) in [6.45, 7) is 9.46. The zero-order valence-electron chi connectivity index (χ0n) is 19.5. The first-order chi connectivity index (χ1) is 15.5. The van der Waals surface area contributed by atoms with Gasteiger partial charge in [-0.2, -0.15) is 0 Å². The van der Waals surface area contributed by atoms with Gasteiger partial charge in [0, 0.05) is 5.02 Å². The summed E-state index contributed by atoms with van der Waals surface area (Å²) in [6, 6.07) is 17.0. The molecule has 0 heterocycles. The van der Waals surface area contributed by atoms with E-state index in [1.807, 2.05) is 58.9 Å². The highest BCUT2D eigenvalue weighted by Gasteiger charge is 2.28. The number of hydrogen-bond donors (Lipinski definition) is 1. The van der Waals surface area contributed by atoms with Crippen molar-refractivity contribution >= 4 is 33.2 Å². The van der Waals surface area contributed by atoms with Crippen molar-refractivity contribution in [2.45, 2.75) is 45.6 Å². The van der Waals surface area contributed by atoms with E-state index in [0.29, 0.717) is 10.7 Å². The molecule has 0 saturated heterocycles. The number of nitrogens with zero attached hydrogens (tertiary/aromatic N) is 1. The van der Waals surface area contributed by atoms with Crippen LogP contribution < -0.4 is 9.62 Å². The molecule has 0 aromatic heterocycles. The summed E-state index contributed by atoms with van der Waals surface area (Å²) in [7, 11) is -3.99. The van der Waals surface area contributed by atoms with Crippen LogP contribution in [0.3, 0.4) is 0 Å². The molecule has 0 spiro atoms. The lowest BCUT2D eigenvalue weighted by molar-refractivity contribution is -0.120. The minimum Gasteiger partial charge on any atom is -0.348 e. The summed E-state index contributed by atoms with van der Waals surface area (Å²) in [5, 5.41) is 3.37. The Hall–Kier alpha value is -2.83. The zero-order chi connectivity index (χ0) is 24.3. The van der Waals surface area contributed by atoms with Crippen molar-refractivity contribution in [3.63, 3.8) is 0 Å². The fourth-order valence-electron chi connectivity index (χ4n) is 3.46. The smallest absolute Gasteiger partial charge is 0.264 e. The maximum Gasteiger partial charge on any atom is 0.264 e. The van der Waals surface area contributed by atoms with Gasteiger partial charge in [-0.15, -0.1) is 0 Å². The van der Waals surface area contributed by atoms with Crippen molar-refractivity contribution in [3.05, 3.63) is 93.5 Å². The predicted molar refractivity (Wildman–Crippen MR) is 134 cm³/mol. The van der Waals surface area contributed by atoms with Crippen molar-refractivity contribution in [2.75, 3.05) is 10.8 Å². The number of anilines is 1. The molecular formula is C26H29ClN2O3S. The van der Waals surface area contributed by atoms with Crippen molar-refractivity contribution in [3.8, 4) is 0 Å². The van der Waals surface area contributed by atoms with E-state index in [-0.39, 0.29) is 17.5 Å². The Labute approximate surface area is 201 Å². The van der Waals surface area contributed by atoms with Crippen LogP contribution in [0.2, 0.25) is 5.02 Å². The molecule has 0 aliphatic carbocycles. The van der Waals surface area contributed by atoms with Gasteiger partial charge in [0.2, 0.25) is 5.91 Å². The number of carbonyl (C=O) groups excluding carboxylic acids is 1. The van der Waals surface area contributed by atoms with Crippen LogP contribution in [0.25, 0.3) is 0 Å². The molecule has 1 N–H and O–H groups in total. The van der Waals surface area contributed by atoms with Crippen LogP contribution in [-0.2, 0) is 14.8 Å². The highest BCUT2D eigenvalue weighted by molar-refractivity contribution is 7.92. The van der Waals surface area contributed by atoms with Gasteiger partial charge in [-0.05, 0) is 98.8 Å². The van der Waals surface area contributed by atoms with Crippen LogP contribution in [-0.4, -0.2) is 20.9 Å². The maximum atomic E-state index is 13.5. The largest absolute Gasteiger partial charge is 0.348 e. The fourth-order valence-corrected chi connectivity index (χ4v) is 5.00. The number of halogens is 1. The summed E-state index contributed by atoms with van der Waals surface area (Å²) >= 11 is 5.94. The van der Waals surface area contributed by atoms with Gasteiger partial charge in [0.25, 0.3) is 10.0 Å². The van der Waals surface area contributed by atoms with Gasteiger partial charge in [-0.3, -0.25) is 9.10 Å². The van der Waals surface area contributed by atoms with Gasteiger partial charge in [-0.1, -0.05) is 35.9 Å². The number of aryl methyl sites for hydroxylation is 4. The molecule has 3 rings (SSSR count). The number of nitrogens with one attached hydrogen (secondary N) is 1. The van der Waals surface area contributed by atoms with Crippen LogP contribution in [0.5, 0.6) is 0 Å². The first kappa shape index (κ1) is 24.8. The molecule has 5 nitrogen and oxygen atoms in total. The average molecular weight is 485 g/mol. The number of hydrogen-bond acceptors (Lipinski definition) is 3. The first-order valence-corrected chi connectivity index (χ1v) is 12.5. The van der Waals surface area contributed by atoms with Crippen molar-refractivity contribution in [2.24, 2.45) is 0 Å². The van der Waals surface area contributed by atoms with Gasteiger partial charge >= 0.3 is 0 Å². The minimum atomic E-state index is -3.99. The quantitative estimate of drug-likeness (QED) is 0.471. The van der Waals surface area contributed by atoms with Crippen LogP contribution in [0, 0.1) is 27.7 Å². The highest BCUT2D eigenvalue weighted by Crippen LogP contribution is 2.27. The van der Waals surface area contributed by atoms with Gasteiger partial charge in [0.1, 0.15) is 6.54 Å². The van der Waals surface area contributed by atoms with E-state index in [2.05, 4.69) is 5.32 Å². The lowest BCUT2D eigenvalue weighted by Crippen LogP contribution is -2.41. The van der Waals surface area contributed by atoms with Crippen molar-refractivity contribution in [1.82, 2.24) is 5.32 Å². The third-order valence-electron chi connectivity index (χ3n) is 5.88. The third kappa shape index (κ3) is 5.75. The second-order valence-electron chi connectivity index (χ2n) is 8.37. The topological polar surface area (TPSA) is 66.5 Å². The zero-order valence-corrected chi connectivity index (χ0v) is 21.1. The number of amides is 1. The Bertz CT molecular complexity index is 1270. The second kappa shape index (κ2) is 9.98.